The highest BCUT2D eigenvalue weighted by molar-refractivity contribution is 7.26. The van der Waals surface area contributed by atoms with Crippen molar-refractivity contribution in [3.05, 3.63) is 187 Å². The minimum Gasteiger partial charge on any atom is -0.208 e. The molecule has 9 aromatic rings. The molecule has 0 bridgehead atoms. The lowest BCUT2D eigenvalue weighted by molar-refractivity contribution is 0.579. The minimum absolute atomic E-state index is 0.387. The van der Waals surface area contributed by atoms with E-state index in [2.05, 4.69) is 140 Å². The zero-order valence-electron chi connectivity index (χ0n) is 29.3. The van der Waals surface area contributed by atoms with Gasteiger partial charge >= 0.3 is 0 Å². The third-order valence-electron chi connectivity index (χ3n) is 10.9. The molecule has 0 amide bonds. The van der Waals surface area contributed by atoms with E-state index in [4.69, 9.17) is 15.0 Å². The summed E-state index contributed by atoms with van der Waals surface area (Å²) < 4.78 is 2.47. The lowest BCUT2D eigenvalue weighted by Crippen LogP contribution is -2.10. The lowest BCUT2D eigenvalue weighted by Gasteiger charge is -2.24. The molecule has 2 heterocycles. The molecule has 0 N–H and O–H groups in total. The fourth-order valence-corrected chi connectivity index (χ4v) is 9.36. The van der Waals surface area contributed by atoms with Crippen LogP contribution in [0.25, 0.3) is 76.6 Å². The molecule has 0 aliphatic heterocycles. The van der Waals surface area contributed by atoms with Gasteiger partial charge in [-0.25, -0.2) is 15.0 Å². The number of hydrogen-bond donors (Lipinski definition) is 0. The largest absolute Gasteiger partial charge is 0.208 e. The average molecular weight is 698 g/mol. The van der Waals surface area contributed by atoms with E-state index in [1.807, 2.05) is 47.7 Å². The molecule has 53 heavy (non-hydrogen) atoms. The van der Waals surface area contributed by atoms with Crippen LogP contribution in [-0.4, -0.2) is 15.0 Å². The first-order valence-electron chi connectivity index (χ1n) is 18.3. The molecule has 10 rings (SSSR count). The van der Waals surface area contributed by atoms with Gasteiger partial charge in [-0.3, -0.25) is 0 Å². The molecule has 1 aliphatic carbocycles. The molecular weight excluding hydrogens is 663 g/mol. The van der Waals surface area contributed by atoms with Crippen LogP contribution in [0.3, 0.4) is 0 Å². The van der Waals surface area contributed by atoms with Crippen LogP contribution in [0, 0.1) is 0 Å². The topological polar surface area (TPSA) is 38.7 Å². The van der Waals surface area contributed by atoms with Gasteiger partial charge in [-0.05, 0) is 75.4 Å². The molecule has 3 nitrogen and oxygen atoms in total. The highest BCUT2D eigenvalue weighted by atomic mass is 32.1. The number of thiophene rings is 1. The van der Waals surface area contributed by atoms with Crippen LogP contribution in [0.2, 0.25) is 0 Å². The van der Waals surface area contributed by atoms with Gasteiger partial charge in [0.25, 0.3) is 0 Å². The number of rotatable bonds is 5. The summed E-state index contributed by atoms with van der Waals surface area (Å²) in [6.45, 7) is 2.40. The Morgan fingerprint density at radius 3 is 1.81 bits per heavy atom. The Hall–Kier alpha value is -6.23. The summed E-state index contributed by atoms with van der Waals surface area (Å²) in [4.78, 5) is 15.1. The number of hydrogen-bond acceptors (Lipinski definition) is 4. The summed E-state index contributed by atoms with van der Waals surface area (Å²) >= 11 is 1.83. The van der Waals surface area contributed by atoms with Crippen LogP contribution >= 0.6 is 11.3 Å². The third-order valence-corrected chi connectivity index (χ3v) is 12.0. The summed E-state index contributed by atoms with van der Waals surface area (Å²) in [6.07, 6.45) is 1.03. The molecule has 0 spiro atoms. The van der Waals surface area contributed by atoms with E-state index in [0.717, 1.165) is 23.1 Å². The Labute approximate surface area is 313 Å². The molecule has 2 atom stereocenters. The van der Waals surface area contributed by atoms with Gasteiger partial charge in [0, 0.05) is 36.9 Å². The van der Waals surface area contributed by atoms with Crippen molar-refractivity contribution in [3.8, 4) is 56.4 Å². The molecule has 0 saturated carbocycles. The van der Waals surface area contributed by atoms with E-state index in [1.165, 1.54) is 59.1 Å². The quantitative estimate of drug-likeness (QED) is 0.180. The second-order valence-corrected chi connectivity index (χ2v) is 15.1. The number of nitrogens with zero attached hydrogens (tertiary/aromatic N) is 3. The Balaban J connectivity index is 1.09. The minimum atomic E-state index is 0.387. The van der Waals surface area contributed by atoms with Gasteiger partial charge in [-0.15, -0.1) is 11.3 Å². The van der Waals surface area contributed by atoms with Crippen molar-refractivity contribution in [2.75, 3.05) is 0 Å². The second-order valence-electron chi connectivity index (χ2n) is 14.0. The summed E-state index contributed by atoms with van der Waals surface area (Å²) in [7, 11) is 0. The number of aromatic nitrogens is 3. The molecule has 0 radical (unpaired) electrons. The molecular formula is C49H35N3S. The van der Waals surface area contributed by atoms with Crippen molar-refractivity contribution in [2.24, 2.45) is 0 Å². The van der Waals surface area contributed by atoms with E-state index in [1.54, 1.807) is 0 Å². The lowest BCUT2D eigenvalue weighted by atomic mass is 9.80. The Bertz CT molecular complexity index is 2710. The fourth-order valence-electron chi connectivity index (χ4n) is 8.19. The molecule has 252 valence electrons. The number of benzene rings is 7. The normalized spacial score (nSPS) is 15.2. The molecule has 0 fully saturated rings. The van der Waals surface area contributed by atoms with Gasteiger partial charge in [-0.2, -0.15) is 0 Å². The van der Waals surface area contributed by atoms with Crippen molar-refractivity contribution in [2.45, 2.75) is 25.2 Å². The SMILES string of the molecule is CC1c2ccc(-c3ccc4c(c3)sc3cccc(-c5nc(-c6ccccc6)nc(-c6ccccc6)n5)c34)cc2-c2ccccc2CC1c1ccccc1. The Morgan fingerprint density at radius 2 is 1.08 bits per heavy atom. The first kappa shape index (κ1) is 31.5. The zero-order chi connectivity index (χ0) is 35.3. The monoisotopic (exact) mass is 697 g/mol. The maximum Gasteiger partial charge on any atom is 0.164 e. The predicted molar refractivity (Wildman–Crippen MR) is 221 cm³/mol. The molecule has 4 heteroatoms. The number of fused-ring (bicyclic) bond motifs is 6. The van der Waals surface area contributed by atoms with Crippen LogP contribution in [0.4, 0.5) is 0 Å². The van der Waals surface area contributed by atoms with Crippen molar-refractivity contribution in [3.63, 3.8) is 0 Å². The van der Waals surface area contributed by atoms with Gasteiger partial charge in [-0.1, -0.05) is 159 Å². The van der Waals surface area contributed by atoms with E-state index < -0.39 is 0 Å². The maximum absolute atomic E-state index is 5.08. The molecule has 2 unspecified atom stereocenters. The van der Waals surface area contributed by atoms with Crippen LogP contribution < -0.4 is 0 Å². The van der Waals surface area contributed by atoms with Crippen LogP contribution in [0.1, 0.15) is 35.4 Å². The highest BCUT2D eigenvalue weighted by Crippen LogP contribution is 2.47. The van der Waals surface area contributed by atoms with Gasteiger partial charge < -0.3 is 0 Å². The van der Waals surface area contributed by atoms with E-state index in [-0.39, 0.29) is 0 Å². The molecule has 1 aliphatic rings. The average Bonchev–Trinajstić information content (AvgIpc) is 3.56. The fraction of sp³-hybridized carbons (Fsp3) is 0.0816. The summed E-state index contributed by atoms with van der Waals surface area (Å²) in [6, 6.07) is 60.9. The highest BCUT2D eigenvalue weighted by Gasteiger charge is 2.29. The van der Waals surface area contributed by atoms with Crippen molar-refractivity contribution >= 4 is 31.5 Å². The predicted octanol–water partition coefficient (Wildman–Crippen LogP) is 13.0. The third kappa shape index (κ3) is 5.63. The zero-order valence-corrected chi connectivity index (χ0v) is 30.1. The second kappa shape index (κ2) is 13.1. The van der Waals surface area contributed by atoms with E-state index in [9.17, 15) is 0 Å². The Kier molecular flexibility index (Phi) is 7.77. The van der Waals surface area contributed by atoms with Crippen LogP contribution in [0.15, 0.2) is 170 Å². The van der Waals surface area contributed by atoms with Crippen LogP contribution in [0.5, 0.6) is 0 Å². The van der Waals surface area contributed by atoms with Gasteiger partial charge in [0.2, 0.25) is 0 Å². The molecule has 7 aromatic carbocycles. The molecule has 0 saturated heterocycles. The van der Waals surface area contributed by atoms with E-state index in [0.29, 0.717) is 29.3 Å². The first-order chi connectivity index (χ1) is 26.2. The Morgan fingerprint density at radius 1 is 0.472 bits per heavy atom. The molecule has 2 aromatic heterocycles. The van der Waals surface area contributed by atoms with E-state index >= 15 is 0 Å². The van der Waals surface area contributed by atoms with Gasteiger partial charge in [0.05, 0.1) is 0 Å². The summed E-state index contributed by atoms with van der Waals surface area (Å²) in [5, 5.41) is 2.40. The van der Waals surface area contributed by atoms with Crippen molar-refractivity contribution < 1.29 is 0 Å². The van der Waals surface area contributed by atoms with Gasteiger partial charge in [0.1, 0.15) is 0 Å². The van der Waals surface area contributed by atoms with Crippen molar-refractivity contribution in [1.82, 2.24) is 15.0 Å². The van der Waals surface area contributed by atoms with Crippen LogP contribution in [-0.2, 0) is 6.42 Å². The first-order valence-corrected chi connectivity index (χ1v) is 19.1. The summed E-state index contributed by atoms with van der Waals surface area (Å²) in [5.74, 6) is 2.83. The smallest absolute Gasteiger partial charge is 0.164 e. The van der Waals surface area contributed by atoms with Crippen molar-refractivity contribution in [1.29, 1.82) is 0 Å². The maximum atomic E-state index is 5.08. The van der Waals surface area contributed by atoms with Gasteiger partial charge in [0.15, 0.2) is 17.5 Å². The standard InChI is InChI=1S/C49H35N3S/c1-31-38-26-24-35(28-43(38)39-21-12-11-20-37(39)29-42(31)32-14-5-2-6-15-32)36-25-27-40-45(30-36)53-44-23-13-22-41(46(40)44)49-51-47(33-16-7-3-8-17-33)50-48(52-49)34-18-9-4-10-19-34/h2-28,30-31,42H,29H2,1H3. The summed E-state index contributed by atoms with van der Waals surface area (Å²) in [5.41, 5.74) is 12.4.